The maximum absolute atomic E-state index is 9.37. The van der Waals surface area contributed by atoms with Gasteiger partial charge in [-0.2, -0.15) is 0 Å². The van der Waals surface area contributed by atoms with Crippen LogP contribution >= 0.6 is 0 Å². The molecule has 4 N–H and O–H groups in total. The molecular formula is C40H32O4Ti. The number of fused-ring (bicyclic) bond motifs is 4. The van der Waals surface area contributed by atoms with Crippen molar-refractivity contribution in [3.63, 3.8) is 0 Å². The molecule has 0 spiro atoms. The van der Waals surface area contributed by atoms with Crippen LogP contribution in [-0.4, -0.2) is 20.4 Å². The molecule has 4 nitrogen and oxygen atoms in total. The van der Waals surface area contributed by atoms with Crippen LogP contribution in [0.15, 0.2) is 170 Å². The van der Waals surface area contributed by atoms with Crippen LogP contribution in [-0.2, 0) is 21.7 Å². The fraction of sp³-hybridized carbons (Fsp3) is 0. The first-order valence-corrected chi connectivity index (χ1v) is 14.2. The molecule has 8 rings (SSSR count). The van der Waals surface area contributed by atoms with Gasteiger partial charge in [-0.3, -0.25) is 0 Å². The average Bonchev–Trinajstić information content (AvgIpc) is 3.07. The molecule has 0 aliphatic heterocycles. The van der Waals surface area contributed by atoms with Gasteiger partial charge in [0, 0.05) is 43.3 Å². The zero-order valence-electron chi connectivity index (χ0n) is 24.5. The first-order chi connectivity index (χ1) is 21.5. The van der Waals surface area contributed by atoms with Crippen LogP contribution in [0.5, 0.6) is 23.0 Å². The molecule has 8 aromatic carbocycles. The van der Waals surface area contributed by atoms with E-state index in [0.717, 1.165) is 43.1 Å². The molecule has 5 heteroatoms. The fourth-order valence-electron chi connectivity index (χ4n) is 4.83. The minimum atomic E-state index is 0. The van der Waals surface area contributed by atoms with Crippen molar-refractivity contribution in [3.05, 3.63) is 170 Å². The molecule has 0 radical (unpaired) electrons. The quantitative estimate of drug-likeness (QED) is 0.127. The fourth-order valence-corrected chi connectivity index (χ4v) is 4.83. The molecule has 0 amide bonds. The largest absolute Gasteiger partial charge is 0.507 e. The molecule has 0 bridgehead atoms. The first-order valence-electron chi connectivity index (χ1n) is 14.2. The molecule has 0 aliphatic rings. The Balaban J connectivity index is 0.000000136. The third kappa shape index (κ3) is 8.42. The molecule has 0 aliphatic carbocycles. The second-order valence-corrected chi connectivity index (χ2v) is 9.99. The van der Waals surface area contributed by atoms with Crippen LogP contribution < -0.4 is 0 Å². The Labute approximate surface area is 277 Å². The number of hydrogen-bond acceptors (Lipinski definition) is 4. The summed E-state index contributed by atoms with van der Waals surface area (Å²) >= 11 is 0. The normalized spacial score (nSPS) is 9.96. The zero-order chi connectivity index (χ0) is 30.7. The van der Waals surface area contributed by atoms with E-state index in [1.54, 1.807) is 24.3 Å². The molecule has 0 saturated heterocycles. The van der Waals surface area contributed by atoms with Gasteiger partial charge in [-0.05, 0) is 45.8 Å². The molecule has 0 unspecified atom stereocenters. The molecule has 0 heterocycles. The van der Waals surface area contributed by atoms with E-state index in [-0.39, 0.29) is 21.7 Å². The summed E-state index contributed by atoms with van der Waals surface area (Å²) in [7, 11) is 0. The van der Waals surface area contributed by atoms with Gasteiger partial charge in [0.05, 0.1) is 0 Å². The molecule has 0 atom stereocenters. The van der Waals surface area contributed by atoms with Gasteiger partial charge in [-0.25, -0.2) is 0 Å². The van der Waals surface area contributed by atoms with Crippen molar-refractivity contribution in [2.75, 3.05) is 0 Å². The molecule has 220 valence electrons. The van der Waals surface area contributed by atoms with Crippen molar-refractivity contribution in [2.45, 2.75) is 0 Å². The van der Waals surface area contributed by atoms with Crippen molar-refractivity contribution in [2.24, 2.45) is 0 Å². The van der Waals surface area contributed by atoms with E-state index in [2.05, 4.69) is 0 Å². The number of rotatable bonds is 0. The number of aromatic hydroxyl groups is 4. The topological polar surface area (TPSA) is 80.9 Å². The second kappa shape index (κ2) is 16.0. The number of phenolic OH excluding ortho intramolecular Hbond substituents is 4. The molecule has 8 aromatic rings. The summed E-state index contributed by atoms with van der Waals surface area (Å²) in [5, 5.41) is 45.4. The Morgan fingerprint density at radius 2 is 0.400 bits per heavy atom. The van der Waals surface area contributed by atoms with Gasteiger partial charge >= 0.3 is 0 Å². The summed E-state index contributed by atoms with van der Waals surface area (Å²) in [5.41, 5.74) is 0. The Hall–Kier alpha value is -5.29. The van der Waals surface area contributed by atoms with Crippen LogP contribution in [0.2, 0.25) is 0 Å². The van der Waals surface area contributed by atoms with Crippen molar-refractivity contribution >= 4 is 43.1 Å². The predicted octanol–water partition coefficient (Wildman–Crippen LogP) is 10.2. The second-order valence-electron chi connectivity index (χ2n) is 9.99. The van der Waals surface area contributed by atoms with Gasteiger partial charge < -0.3 is 20.4 Å². The summed E-state index contributed by atoms with van der Waals surface area (Å²) in [4.78, 5) is 0. The van der Waals surface area contributed by atoms with Gasteiger partial charge in [0.1, 0.15) is 23.0 Å². The Kier molecular flexibility index (Phi) is 11.6. The van der Waals surface area contributed by atoms with E-state index < -0.39 is 0 Å². The van der Waals surface area contributed by atoms with Gasteiger partial charge in [-0.15, -0.1) is 0 Å². The van der Waals surface area contributed by atoms with Gasteiger partial charge in [-0.1, -0.05) is 146 Å². The van der Waals surface area contributed by atoms with Crippen molar-refractivity contribution in [1.82, 2.24) is 0 Å². The molecule has 0 fully saturated rings. The van der Waals surface area contributed by atoms with Gasteiger partial charge in [0.2, 0.25) is 0 Å². The third-order valence-corrected chi connectivity index (χ3v) is 7.07. The van der Waals surface area contributed by atoms with Crippen molar-refractivity contribution < 1.29 is 42.1 Å². The van der Waals surface area contributed by atoms with Crippen LogP contribution in [0.25, 0.3) is 43.1 Å². The summed E-state index contributed by atoms with van der Waals surface area (Å²) < 4.78 is 0. The molecule has 45 heavy (non-hydrogen) atoms. The molecule has 0 aromatic heterocycles. The Morgan fingerprint density at radius 1 is 0.222 bits per heavy atom. The van der Waals surface area contributed by atoms with E-state index in [4.69, 9.17) is 0 Å². The Morgan fingerprint density at radius 3 is 0.600 bits per heavy atom. The van der Waals surface area contributed by atoms with Crippen LogP contribution in [0.1, 0.15) is 0 Å². The maximum Gasteiger partial charge on any atom is 0.123 e. The molecule has 0 saturated carbocycles. The van der Waals surface area contributed by atoms with E-state index >= 15 is 0 Å². The maximum atomic E-state index is 9.37. The Bertz CT molecular complexity index is 1810. The summed E-state index contributed by atoms with van der Waals surface area (Å²) in [5.74, 6) is 1.40. The number of phenols is 4. The summed E-state index contributed by atoms with van der Waals surface area (Å²) in [6, 6.07) is 53.2. The van der Waals surface area contributed by atoms with Crippen LogP contribution in [0, 0.1) is 0 Å². The van der Waals surface area contributed by atoms with Crippen molar-refractivity contribution in [3.8, 4) is 23.0 Å². The smallest absolute Gasteiger partial charge is 0.123 e. The van der Waals surface area contributed by atoms with E-state index in [9.17, 15) is 20.4 Å². The van der Waals surface area contributed by atoms with E-state index in [0.29, 0.717) is 23.0 Å². The summed E-state index contributed by atoms with van der Waals surface area (Å²) in [6.07, 6.45) is 0. The first kappa shape index (κ1) is 32.6. The van der Waals surface area contributed by atoms with E-state index in [1.807, 2.05) is 146 Å². The average molecular weight is 625 g/mol. The summed E-state index contributed by atoms with van der Waals surface area (Å²) in [6.45, 7) is 0. The molecular weight excluding hydrogens is 592 g/mol. The minimum absolute atomic E-state index is 0. The van der Waals surface area contributed by atoms with Gasteiger partial charge in [0.15, 0.2) is 0 Å². The van der Waals surface area contributed by atoms with Gasteiger partial charge in [0.25, 0.3) is 0 Å². The standard InChI is InChI=1S/4C10H8O.Ti/c4*11-10-7-3-5-8-4-1-2-6-9(8)10;/h4*1-7,11H;. The SMILES string of the molecule is Oc1cccc2ccccc12.Oc1cccc2ccccc12.Oc1cccc2ccccc12.Oc1cccc2ccccc12.[Ti]. The zero-order valence-corrected chi connectivity index (χ0v) is 26.0. The van der Waals surface area contributed by atoms with Crippen LogP contribution in [0.4, 0.5) is 0 Å². The number of benzene rings is 8. The van der Waals surface area contributed by atoms with E-state index in [1.165, 1.54) is 0 Å². The number of hydrogen-bond donors (Lipinski definition) is 4. The monoisotopic (exact) mass is 624 g/mol. The van der Waals surface area contributed by atoms with Crippen LogP contribution in [0.3, 0.4) is 0 Å². The third-order valence-electron chi connectivity index (χ3n) is 7.07. The minimum Gasteiger partial charge on any atom is -0.507 e. The van der Waals surface area contributed by atoms with Crippen molar-refractivity contribution in [1.29, 1.82) is 0 Å². The predicted molar refractivity (Wildman–Crippen MR) is 182 cm³/mol.